The Kier molecular flexibility index (Phi) is 3.90. The fourth-order valence-corrected chi connectivity index (χ4v) is 3.42. The molecule has 2 aliphatic rings. The number of hydrogen-bond acceptors (Lipinski definition) is 6. The number of guanidine groups is 2. The zero-order valence-corrected chi connectivity index (χ0v) is 12.8. The highest BCUT2D eigenvalue weighted by Gasteiger charge is 2.42. The molecule has 0 saturated heterocycles. The summed E-state index contributed by atoms with van der Waals surface area (Å²) in [6, 6.07) is 6.62. The van der Waals surface area contributed by atoms with Crippen LogP contribution in [0.4, 0.5) is 10.1 Å². The van der Waals surface area contributed by atoms with Gasteiger partial charge in [-0.15, -0.1) is 0 Å². The Bertz CT molecular complexity index is 712. The van der Waals surface area contributed by atoms with Gasteiger partial charge in [0.05, 0.1) is 12.5 Å². The molecule has 4 N–H and O–H groups in total. The molecule has 23 heavy (non-hydrogen) atoms. The fourth-order valence-electron chi connectivity index (χ4n) is 3.42. The van der Waals surface area contributed by atoms with Crippen LogP contribution >= 0.6 is 0 Å². The molecule has 1 heterocycles. The molecule has 0 radical (unpaired) electrons. The summed E-state index contributed by atoms with van der Waals surface area (Å²) in [6.07, 6.45) is 4.82. The Labute approximate surface area is 134 Å². The quantitative estimate of drug-likeness (QED) is 0.871. The van der Waals surface area contributed by atoms with Gasteiger partial charge >= 0.3 is 0 Å². The van der Waals surface area contributed by atoms with Crippen LogP contribution in [0.5, 0.6) is 0 Å². The van der Waals surface area contributed by atoms with Crippen molar-refractivity contribution in [3.8, 4) is 6.07 Å². The number of rotatable bonds is 2. The number of aliphatic imine (C=N–C) groups is 2. The van der Waals surface area contributed by atoms with E-state index in [1.54, 1.807) is 12.1 Å². The van der Waals surface area contributed by atoms with Gasteiger partial charge in [-0.25, -0.2) is 9.38 Å². The SMILES string of the molecule is N#CCc1cc(N2C(N)=NC(N)=NC23CCCCC3)ccc1F. The van der Waals surface area contributed by atoms with E-state index >= 15 is 0 Å². The molecule has 1 saturated carbocycles. The highest BCUT2D eigenvalue weighted by molar-refractivity contribution is 6.05. The van der Waals surface area contributed by atoms with E-state index in [1.165, 1.54) is 6.07 Å². The van der Waals surface area contributed by atoms with Crippen molar-refractivity contribution in [1.29, 1.82) is 5.26 Å². The van der Waals surface area contributed by atoms with Gasteiger partial charge in [0.2, 0.25) is 11.9 Å². The minimum Gasteiger partial charge on any atom is -0.369 e. The van der Waals surface area contributed by atoms with E-state index in [1.807, 2.05) is 11.0 Å². The van der Waals surface area contributed by atoms with Crippen molar-refractivity contribution in [2.45, 2.75) is 44.2 Å². The minimum absolute atomic E-state index is 0.00294. The van der Waals surface area contributed by atoms with Gasteiger partial charge in [0.15, 0.2) is 0 Å². The van der Waals surface area contributed by atoms with E-state index in [0.29, 0.717) is 11.3 Å². The molecule has 120 valence electrons. The van der Waals surface area contributed by atoms with Crippen molar-refractivity contribution in [1.82, 2.24) is 0 Å². The standard InChI is InChI=1S/C16H19FN6/c17-13-5-4-12(10-11(13)6-9-18)23-15(20)21-14(19)22-16(23)7-2-1-3-8-16/h4-5,10H,1-3,6-8H2,(H4,19,20,21,22). The third-order valence-electron chi connectivity index (χ3n) is 4.41. The molecule has 0 amide bonds. The Morgan fingerprint density at radius 2 is 2.00 bits per heavy atom. The van der Waals surface area contributed by atoms with Crippen molar-refractivity contribution in [3.63, 3.8) is 0 Å². The second kappa shape index (κ2) is 5.88. The third kappa shape index (κ3) is 2.72. The summed E-state index contributed by atoms with van der Waals surface area (Å²) in [6.45, 7) is 0. The molecule has 3 rings (SSSR count). The number of anilines is 1. The lowest BCUT2D eigenvalue weighted by Gasteiger charge is -2.45. The first kappa shape index (κ1) is 15.3. The first-order valence-electron chi connectivity index (χ1n) is 7.71. The summed E-state index contributed by atoms with van der Waals surface area (Å²) in [4.78, 5) is 10.5. The number of nitriles is 1. The van der Waals surface area contributed by atoms with Gasteiger partial charge in [-0.3, -0.25) is 4.90 Å². The predicted molar refractivity (Wildman–Crippen MR) is 87.3 cm³/mol. The van der Waals surface area contributed by atoms with Crippen LogP contribution < -0.4 is 16.4 Å². The predicted octanol–water partition coefficient (Wildman–Crippen LogP) is 2.00. The highest BCUT2D eigenvalue weighted by atomic mass is 19.1. The summed E-state index contributed by atoms with van der Waals surface area (Å²) in [5.74, 6) is 0.0393. The molecule has 7 heteroatoms. The highest BCUT2D eigenvalue weighted by Crippen LogP contribution is 2.39. The van der Waals surface area contributed by atoms with Gasteiger partial charge in [0, 0.05) is 11.3 Å². The maximum Gasteiger partial charge on any atom is 0.220 e. The molecule has 1 aliphatic carbocycles. The van der Waals surface area contributed by atoms with Gasteiger partial charge in [-0.2, -0.15) is 10.3 Å². The third-order valence-corrected chi connectivity index (χ3v) is 4.41. The molecule has 0 bridgehead atoms. The van der Waals surface area contributed by atoms with E-state index in [9.17, 15) is 4.39 Å². The average Bonchev–Trinajstić information content (AvgIpc) is 2.50. The maximum atomic E-state index is 13.8. The van der Waals surface area contributed by atoms with Gasteiger partial charge in [0.1, 0.15) is 11.5 Å². The smallest absolute Gasteiger partial charge is 0.220 e. The van der Waals surface area contributed by atoms with E-state index in [-0.39, 0.29) is 18.3 Å². The van der Waals surface area contributed by atoms with Crippen LogP contribution in [0.3, 0.4) is 0 Å². The summed E-state index contributed by atoms with van der Waals surface area (Å²) >= 11 is 0. The lowest BCUT2D eigenvalue weighted by Crippen LogP contribution is -2.58. The van der Waals surface area contributed by atoms with Crippen LogP contribution in [-0.4, -0.2) is 17.6 Å². The number of benzene rings is 1. The van der Waals surface area contributed by atoms with Gasteiger partial charge in [0.25, 0.3) is 0 Å². The second-order valence-corrected chi connectivity index (χ2v) is 5.93. The Balaban J connectivity index is 2.07. The first-order chi connectivity index (χ1) is 11.1. The molecule has 6 nitrogen and oxygen atoms in total. The molecule has 1 aliphatic heterocycles. The van der Waals surface area contributed by atoms with Crippen molar-refractivity contribution in [2.75, 3.05) is 4.90 Å². The number of nitrogens with zero attached hydrogens (tertiary/aromatic N) is 4. The molecule has 0 aromatic heterocycles. The molecule has 1 aromatic carbocycles. The maximum absolute atomic E-state index is 13.8. The second-order valence-electron chi connectivity index (χ2n) is 5.93. The van der Waals surface area contributed by atoms with Crippen LogP contribution in [-0.2, 0) is 6.42 Å². The van der Waals surface area contributed by atoms with E-state index in [2.05, 4.69) is 9.98 Å². The normalized spacial score (nSPS) is 19.9. The first-order valence-corrected chi connectivity index (χ1v) is 7.71. The van der Waals surface area contributed by atoms with Crippen molar-refractivity contribution < 1.29 is 4.39 Å². The number of nitrogens with two attached hydrogens (primary N) is 2. The molecule has 1 spiro atoms. The zero-order chi connectivity index (χ0) is 16.4. The summed E-state index contributed by atoms with van der Waals surface area (Å²) in [7, 11) is 0. The summed E-state index contributed by atoms with van der Waals surface area (Å²) in [5, 5.41) is 8.86. The van der Waals surface area contributed by atoms with Crippen LogP contribution in [0.15, 0.2) is 28.2 Å². The molecule has 1 fully saturated rings. The minimum atomic E-state index is -0.560. The van der Waals surface area contributed by atoms with Crippen molar-refractivity contribution in [2.24, 2.45) is 21.5 Å². The lowest BCUT2D eigenvalue weighted by atomic mass is 9.87. The van der Waals surface area contributed by atoms with Crippen LogP contribution in [0.25, 0.3) is 0 Å². The van der Waals surface area contributed by atoms with Crippen LogP contribution in [0.2, 0.25) is 0 Å². The fraction of sp³-hybridized carbons (Fsp3) is 0.438. The summed E-state index contributed by atoms with van der Waals surface area (Å²) in [5.41, 5.74) is 12.4. The molecular weight excluding hydrogens is 295 g/mol. The summed E-state index contributed by atoms with van der Waals surface area (Å²) < 4.78 is 13.8. The van der Waals surface area contributed by atoms with Gasteiger partial charge in [-0.1, -0.05) is 6.42 Å². The van der Waals surface area contributed by atoms with Crippen molar-refractivity contribution >= 4 is 17.6 Å². The van der Waals surface area contributed by atoms with Crippen molar-refractivity contribution in [3.05, 3.63) is 29.6 Å². The number of hydrogen-bond donors (Lipinski definition) is 2. The average molecular weight is 314 g/mol. The lowest BCUT2D eigenvalue weighted by molar-refractivity contribution is 0.305. The van der Waals surface area contributed by atoms with Gasteiger partial charge in [-0.05, 0) is 43.9 Å². The van der Waals surface area contributed by atoms with E-state index in [4.69, 9.17) is 16.7 Å². The largest absolute Gasteiger partial charge is 0.369 e. The zero-order valence-electron chi connectivity index (χ0n) is 12.8. The molecule has 1 aromatic rings. The monoisotopic (exact) mass is 314 g/mol. The topological polar surface area (TPSA) is 104 Å². The molecule has 0 unspecified atom stereocenters. The van der Waals surface area contributed by atoms with E-state index < -0.39 is 11.5 Å². The Hall–Kier alpha value is -2.62. The number of halogens is 1. The van der Waals surface area contributed by atoms with Crippen LogP contribution in [0.1, 0.15) is 37.7 Å². The Morgan fingerprint density at radius 3 is 2.70 bits per heavy atom. The Morgan fingerprint density at radius 1 is 1.26 bits per heavy atom. The van der Waals surface area contributed by atoms with Gasteiger partial charge < -0.3 is 11.5 Å². The molecule has 0 atom stereocenters. The molecular formula is C16H19FN6. The van der Waals surface area contributed by atoms with E-state index in [0.717, 1.165) is 32.1 Å². The van der Waals surface area contributed by atoms with Crippen LogP contribution in [0, 0.1) is 17.1 Å².